The summed E-state index contributed by atoms with van der Waals surface area (Å²) < 4.78 is 39.0. The SMILES string of the molecule is F[B-](F)(F)F.N#Cc1ccc([N+]#N)c(C#Cc2ccccc2)c1. The quantitative estimate of drug-likeness (QED) is 0.305. The summed E-state index contributed by atoms with van der Waals surface area (Å²) in [6.45, 7) is 0. The van der Waals surface area contributed by atoms with Crippen LogP contribution in [0.4, 0.5) is 23.0 Å². The largest absolute Gasteiger partial charge is 0.673 e. The lowest BCUT2D eigenvalue weighted by molar-refractivity contribution is 0.368. The van der Waals surface area contributed by atoms with Crippen LogP contribution in [0.1, 0.15) is 16.7 Å². The summed E-state index contributed by atoms with van der Waals surface area (Å²) in [5.74, 6) is 5.86. The molecule has 0 fully saturated rings. The van der Waals surface area contributed by atoms with Gasteiger partial charge in [-0.2, -0.15) is 5.26 Å². The summed E-state index contributed by atoms with van der Waals surface area (Å²) in [6.07, 6.45) is 0. The maximum absolute atomic E-state index is 9.75. The Morgan fingerprint density at radius 1 is 0.870 bits per heavy atom. The number of hydrogen-bond acceptors (Lipinski definition) is 2. The molecular weight excluding hydrogens is 309 g/mol. The van der Waals surface area contributed by atoms with Gasteiger partial charge >= 0.3 is 12.9 Å². The average Bonchev–Trinajstić information content (AvgIpc) is 2.52. The third kappa shape index (κ3) is 7.31. The molecule has 0 N–H and O–H groups in total. The Balaban J connectivity index is 0.000000463. The molecule has 0 saturated carbocycles. The van der Waals surface area contributed by atoms with E-state index in [1.807, 2.05) is 36.4 Å². The zero-order valence-electron chi connectivity index (χ0n) is 11.5. The molecule has 2 aromatic rings. The average molecular weight is 317 g/mol. The molecule has 0 aliphatic carbocycles. The van der Waals surface area contributed by atoms with Crippen molar-refractivity contribution in [3.8, 4) is 17.9 Å². The minimum Gasteiger partial charge on any atom is -0.418 e. The first-order valence-electron chi connectivity index (χ1n) is 6.17. The summed E-state index contributed by atoms with van der Waals surface area (Å²) in [5.41, 5.74) is 2.24. The number of rotatable bonds is 0. The van der Waals surface area contributed by atoms with Gasteiger partial charge in [0.2, 0.25) is 5.39 Å². The molecule has 0 atom stereocenters. The van der Waals surface area contributed by atoms with E-state index in [2.05, 4.69) is 16.8 Å². The Labute approximate surface area is 129 Å². The molecular formula is C15H8BF4N3. The first-order valence-corrected chi connectivity index (χ1v) is 6.17. The molecule has 0 amide bonds. The van der Waals surface area contributed by atoms with Gasteiger partial charge in [-0.1, -0.05) is 30.0 Å². The van der Waals surface area contributed by atoms with Crippen LogP contribution in [0.15, 0.2) is 48.5 Å². The maximum Gasteiger partial charge on any atom is 0.673 e. The van der Waals surface area contributed by atoms with Crippen molar-refractivity contribution in [2.75, 3.05) is 0 Å². The molecule has 8 heteroatoms. The first kappa shape index (κ1) is 17.7. The van der Waals surface area contributed by atoms with Gasteiger partial charge in [0.05, 0.1) is 11.6 Å². The first-order chi connectivity index (χ1) is 10.8. The van der Waals surface area contributed by atoms with Gasteiger partial charge < -0.3 is 17.3 Å². The second-order valence-electron chi connectivity index (χ2n) is 4.05. The minimum atomic E-state index is -6.00. The van der Waals surface area contributed by atoms with Crippen molar-refractivity contribution in [3.63, 3.8) is 0 Å². The van der Waals surface area contributed by atoms with Crippen LogP contribution in [-0.2, 0) is 0 Å². The fourth-order valence-electron chi connectivity index (χ4n) is 1.45. The molecule has 0 heterocycles. The molecule has 2 aromatic carbocycles. The zero-order chi connectivity index (χ0) is 17.3. The standard InChI is InChI=1S/C15H8N3.BF4/c16-11-13-7-9-15(18-17)14(10-13)8-6-12-4-2-1-3-5-12;2-1(3,4)5/h1-5,7,9-10H;/q+1;-1. The van der Waals surface area contributed by atoms with Crippen molar-refractivity contribution in [1.29, 1.82) is 10.7 Å². The number of diazo groups is 1. The highest BCUT2D eigenvalue weighted by Gasteiger charge is 2.20. The van der Waals surface area contributed by atoms with E-state index in [1.165, 1.54) is 0 Å². The predicted octanol–water partition coefficient (Wildman–Crippen LogP) is 4.74. The summed E-state index contributed by atoms with van der Waals surface area (Å²) >= 11 is 0. The van der Waals surface area contributed by atoms with Crippen LogP contribution in [-0.4, -0.2) is 7.25 Å². The summed E-state index contributed by atoms with van der Waals surface area (Å²) in [5, 5.41) is 17.7. The normalized spacial score (nSPS) is 9.30. The lowest BCUT2D eigenvalue weighted by Crippen LogP contribution is -2.02. The Bertz CT molecular complexity index is 803. The summed E-state index contributed by atoms with van der Waals surface area (Å²) in [7, 11) is -6.00. The van der Waals surface area contributed by atoms with Crippen LogP contribution in [0, 0.1) is 28.6 Å². The van der Waals surface area contributed by atoms with E-state index >= 15 is 0 Å². The van der Waals surface area contributed by atoms with Gasteiger partial charge in [0.25, 0.3) is 0 Å². The highest BCUT2D eigenvalue weighted by molar-refractivity contribution is 6.50. The van der Waals surface area contributed by atoms with E-state index in [0.29, 0.717) is 16.8 Å². The minimum absolute atomic E-state index is 0.359. The topological polar surface area (TPSA) is 51.9 Å². The molecule has 0 spiro atoms. The van der Waals surface area contributed by atoms with Crippen LogP contribution in [0.5, 0.6) is 0 Å². The summed E-state index contributed by atoms with van der Waals surface area (Å²) in [4.78, 5) is 3.15. The van der Waals surface area contributed by atoms with Crippen molar-refractivity contribution < 1.29 is 17.3 Å². The number of halogens is 4. The van der Waals surface area contributed by atoms with Crippen LogP contribution in [0.2, 0.25) is 0 Å². The molecule has 114 valence electrons. The lowest BCUT2D eigenvalue weighted by Gasteiger charge is -1.94. The Morgan fingerprint density at radius 2 is 1.48 bits per heavy atom. The zero-order valence-corrected chi connectivity index (χ0v) is 11.5. The smallest absolute Gasteiger partial charge is 0.418 e. The number of benzene rings is 2. The van der Waals surface area contributed by atoms with E-state index in [1.54, 1.807) is 18.2 Å². The van der Waals surface area contributed by atoms with Crippen LogP contribution in [0.25, 0.3) is 4.98 Å². The van der Waals surface area contributed by atoms with Crippen LogP contribution in [0.3, 0.4) is 0 Å². The molecule has 0 aromatic heterocycles. The van der Waals surface area contributed by atoms with Gasteiger partial charge in [-0.25, -0.2) is 0 Å². The van der Waals surface area contributed by atoms with Crippen molar-refractivity contribution in [1.82, 2.24) is 0 Å². The molecule has 0 aliphatic heterocycles. The third-order valence-corrected chi connectivity index (χ3v) is 2.35. The second-order valence-corrected chi connectivity index (χ2v) is 4.05. The lowest BCUT2D eigenvalue weighted by atomic mass is 10.1. The van der Waals surface area contributed by atoms with E-state index < -0.39 is 7.25 Å². The van der Waals surface area contributed by atoms with Gasteiger partial charge in [-0.3, -0.25) is 0 Å². The monoisotopic (exact) mass is 317 g/mol. The highest BCUT2D eigenvalue weighted by atomic mass is 19.5. The van der Waals surface area contributed by atoms with Gasteiger partial charge in [-0.05, 0) is 24.3 Å². The third-order valence-electron chi connectivity index (χ3n) is 2.35. The van der Waals surface area contributed by atoms with Crippen LogP contribution >= 0.6 is 0 Å². The molecule has 2 rings (SSSR count). The molecule has 0 radical (unpaired) electrons. The van der Waals surface area contributed by atoms with E-state index in [-0.39, 0.29) is 0 Å². The van der Waals surface area contributed by atoms with E-state index in [9.17, 15) is 17.3 Å². The predicted molar refractivity (Wildman–Crippen MR) is 78.5 cm³/mol. The van der Waals surface area contributed by atoms with Crippen LogP contribution < -0.4 is 0 Å². The molecule has 3 nitrogen and oxygen atoms in total. The number of hydrogen-bond donors (Lipinski definition) is 0. The molecule has 0 saturated heterocycles. The fraction of sp³-hybridized carbons (Fsp3) is 0. The van der Waals surface area contributed by atoms with Crippen molar-refractivity contribution in [2.24, 2.45) is 0 Å². The van der Waals surface area contributed by atoms with Crippen molar-refractivity contribution in [2.45, 2.75) is 0 Å². The highest BCUT2D eigenvalue weighted by Crippen LogP contribution is 2.19. The Kier molecular flexibility index (Phi) is 6.34. The van der Waals surface area contributed by atoms with Crippen molar-refractivity contribution in [3.05, 3.63) is 70.2 Å². The molecule has 0 aliphatic rings. The Hall–Kier alpha value is -3.31. The molecule has 0 bridgehead atoms. The van der Waals surface area contributed by atoms with Gasteiger partial charge in [0.1, 0.15) is 5.56 Å². The molecule has 0 unspecified atom stereocenters. The van der Waals surface area contributed by atoms with E-state index in [4.69, 9.17) is 10.7 Å². The van der Waals surface area contributed by atoms with Gasteiger partial charge in [0.15, 0.2) is 4.98 Å². The number of nitrogens with zero attached hydrogens (tertiary/aromatic N) is 3. The molecule has 23 heavy (non-hydrogen) atoms. The maximum atomic E-state index is 9.75. The fourth-order valence-corrected chi connectivity index (χ4v) is 1.45. The number of nitriles is 1. The summed E-state index contributed by atoms with van der Waals surface area (Å²) in [6, 6.07) is 16.3. The second kappa shape index (κ2) is 8.21. The van der Waals surface area contributed by atoms with Gasteiger partial charge in [0, 0.05) is 11.6 Å². The van der Waals surface area contributed by atoms with Crippen molar-refractivity contribution >= 4 is 12.9 Å². The van der Waals surface area contributed by atoms with E-state index in [0.717, 1.165) is 5.56 Å². The Morgan fingerprint density at radius 3 is 2.00 bits per heavy atom. The van der Waals surface area contributed by atoms with Gasteiger partial charge in [-0.15, -0.1) is 0 Å².